The summed E-state index contributed by atoms with van der Waals surface area (Å²) in [5.74, 6) is -2.40. The van der Waals surface area contributed by atoms with Crippen LogP contribution in [0.15, 0.2) is 0 Å². The largest absolute Gasteiger partial charge is 0.480 e. The summed E-state index contributed by atoms with van der Waals surface area (Å²) in [6.07, 6.45) is -4.60. The van der Waals surface area contributed by atoms with Gasteiger partial charge in [0.15, 0.2) is 0 Å². The predicted octanol–water partition coefficient (Wildman–Crippen LogP) is 1.08. The second-order valence-corrected chi connectivity index (χ2v) is 3.38. The van der Waals surface area contributed by atoms with E-state index in [9.17, 15) is 18.0 Å². The fraction of sp³-hybridized carbons (Fsp3) is 0.500. The van der Waals surface area contributed by atoms with E-state index in [-0.39, 0.29) is 5.13 Å². The Bertz CT molecular complexity index is 365. The van der Waals surface area contributed by atoms with E-state index < -0.39 is 24.5 Å². The first-order valence-corrected chi connectivity index (χ1v) is 4.42. The normalized spacial score (nSPS) is 11.5. The van der Waals surface area contributed by atoms with Gasteiger partial charge in [-0.3, -0.25) is 4.79 Å². The van der Waals surface area contributed by atoms with E-state index in [0.29, 0.717) is 11.5 Å². The van der Waals surface area contributed by atoms with Gasteiger partial charge in [0.05, 0.1) is 0 Å². The average Bonchev–Trinajstić information content (AvgIpc) is 2.48. The number of likely N-dealkylation sites (N-methyl/N-ethyl adjacent to an activating group) is 1. The van der Waals surface area contributed by atoms with Gasteiger partial charge in [-0.1, -0.05) is 0 Å². The fourth-order valence-corrected chi connectivity index (χ4v) is 1.40. The van der Waals surface area contributed by atoms with Gasteiger partial charge < -0.3 is 10.0 Å². The van der Waals surface area contributed by atoms with Crippen LogP contribution in [0.25, 0.3) is 0 Å². The number of carbonyl (C=O) groups is 1. The van der Waals surface area contributed by atoms with Crippen LogP contribution in [0.4, 0.5) is 18.3 Å². The van der Waals surface area contributed by atoms with E-state index in [4.69, 9.17) is 5.11 Å². The number of alkyl halides is 3. The number of aliphatic carboxylic acids is 1. The van der Waals surface area contributed by atoms with Crippen molar-refractivity contribution in [3.05, 3.63) is 5.82 Å². The van der Waals surface area contributed by atoms with Crippen molar-refractivity contribution in [2.24, 2.45) is 0 Å². The van der Waals surface area contributed by atoms with Crippen LogP contribution in [0.1, 0.15) is 5.82 Å². The Morgan fingerprint density at radius 1 is 1.60 bits per heavy atom. The van der Waals surface area contributed by atoms with E-state index in [1.807, 2.05) is 0 Å². The fourth-order valence-electron chi connectivity index (χ4n) is 0.756. The second-order valence-electron chi connectivity index (χ2n) is 2.65. The molecule has 0 bridgehead atoms. The molecule has 1 heterocycles. The van der Waals surface area contributed by atoms with Crippen molar-refractivity contribution in [3.8, 4) is 0 Å². The second kappa shape index (κ2) is 4.01. The average molecular weight is 241 g/mol. The van der Waals surface area contributed by atoms with Gasteiger partial charge in [0, 0.05) is 18.6 Å². The number of nitrogens with zero attached hydrogens (tertiary/aromatic N) is 3. The Labute approximate surface area is 86.3 Å². The van der Waals surface area contributed by atoms with Gasteiger partial charge in [-0.05, 0) is 0 Å². The van der Waals surface area contributed by atoms with E-state index in [2.05, 4.69) is 9.36 Å². The Kier molecular flexibility index (Phi) is 3.12. The van der Waals surface area contributed by atoms with Crippen LogP contribution in [0.2, 0.25) is 0 Å². The number of aromatic nitrogens is 2. The zero-order valence-electron chi connectivity index (χ0n) is 7.45. The molecule has 0 amide bonds. The number of hydrogen-bond donors (Lipinski definition) is 1. The lowest BCUT2D eigenvalue weighted by Gasteiger charge is -2.10. The van der Waals surface area contributed by atoms with Crippen LogP contribution in [-0.2, 0) is 11.0 Å². The summed E-state index contributed by atoms with van der Waals surface area (Å²) in [6, 6.07) is 0. The number of carboxylic acid groups (broad SMARTS) is 1. The van der Waals surface area contributed by atoms with Gasteiger partial charge in [-0.2, -0.15) is 22.5 Å². The summed E-state index contributed by atoms with van der Waals surface area (Å²) in [5, 5.41) is 8.33. The van der Waals surface area contributed by atoms with Gasteiger partial charge in [-0.25, -0.2) is 0 Å². The monoisotopic (exact) mass is 241 g/mol. The summed E-state index contributed by atoms with van der Waals surface area (Å²) in [6.45, 7) is -0.424. The topological polar surface area (TPSA) is 66.3 Å². The Morgan fingerprint density at radius 3 is 2.60 bits per heavy atom. The molecule has 0 aliphatic carbocycles. The van der Waals surface area contributed by atoms with Crippen molar-refractivity contribution in [2.45, 2.75) is 6.18 Å². The smallest absolute Gasteiger partial charge is 0.452 e. The number of halogens is 3. The third kappa shape index (κ3) is 3.05. The maximum Gasteiger partial charge on any atom is 0.452 e. The molecule has 0 atom stereocenters. The zero-order chi connectivity index (χ0) is 11.6. The summed E-state index contributed by atoms with van der Waals surface area (Å²) in [4.78, 5) is 14.5. The van der Waals surface area contributed by atoms with E-state index >= 15 is 0 Å². The SMILES string of the molecule is CN(CC(=O)O)c1nc(C(F)(F)F)ns1. The highest BCUT2D eigenvalue weighted by Crippen LogP contribution is 2.29. The van der Waals surface area contributed by atoms with E-state index in [1.165, 1.54) is 7.05 Å². The van der Waals surface area contributed by atoms with Crippen LogP contribution in [0.5, 0.6) is 0 Å². The molecule has 1 rings (SSSR count). The number of carboxylic acids is 1. The van der Waals surface area contributed by atoms with Crippen molar-refractivity contribution in [2.75, 3.05) is 18.5 Å². The van der Waals surface area contributed by atoms with E-state index in [1.54, 1.807) is 0 Å². The number of rotatable bonds is 3. The summed E-state index contributed by atoms with van der Waals surface area (Å²) in [5.41, 5.74) is 0. The van der Waals surface area contributed by atoms with Crippen molar-refractivity contribution < 1.29 is 23.1 Å². The van der Waals surface area contributed by atoms with Gasteiger partial charge in [0.2, 0.25) is 11.0 Å². The minimum atomic E-state index is -4.60. The lowest BCUT2D eigenvalue weighted by Crippen LogP contribution is -2.25. The molecular weight excluding hydrogens is 235 g/mol. The minimum absolute atomic E-state index is 0.0790. The Morgan fingerprint density at radius 2 is 2.20 bits per heavy atom. The summed E-state index contributed by atoms with van der Waals surface area (Å²) in [7, 11) is 1.33. The maximum absolute atomic E-state index is 12.1. The number of hydrogen-bond acceptors (Lipinski definition) is 5. The Balaban J connectivity index is 2.80. The molecule has 1 N–H and O–H groups in total. The lowest BCUT2D eigenvalue weighted by molar-refractivity contribution is -0.144. The van der Waals surface area contributed by atoms with Crippen LogP contribution in [0.3, 0.4) is 0 Å². The highest BCUT2D eigenvalue weighted by Gasteiger charge is 2.36. The molecule has 0 radical (unpaired) electrons. The quantitative estimate of drug-likeness (QED) is 0.857. The van der Waals surface area contributed by atoms with Crippen LogP contribution < -0.4 is 4.90 Å². The van der Waals surface area contributed by atoms with Crippen molar-refractivity contribution >= 4 is 22.6 Å². The van der Waals surface area contributed by atoms with Crippen molar-refractivity contribution in [3.63, 3.8) is 0 Å². The third-order valence-electron chi connectivity index (χ3n) is 1.37. The Hall–Kier alpha value is -1.38. The molecule has 5 nitrogen and oxygen atoms in total. The van der Waals surface area contributed by atoms with Crippen molar-refractivity contribution in [1.82, 2.24) is 9.36 Å². The van der Waals surface area contributed by atoms with Crippen LogP contribution >= 0.6 is 11.5 Å². The standard InChI is InChI=1S/C6H6F3N3O2S/c1-12(2-3(13)14)5-10-4(11-15-5)6(7,8)9/h2H2,1H3,(H,13,14). The van der Waals surface area contributed by atoms with Crippen LogP contribution in [-0.4, -0.2) is 34.0 Å². The molecular formula is C6H6F3N3O2S. The molecule has 0 aromatic carbocycles. The highest BCUT2D eigenvalue weighted by atomic mass is 32.1. The molecule has 1 aromatic rings. The van der Waals surface area contributed by atoms with Crippen molar-refractivity contribution in [1.29, 1.82) is 0 Å². The first-order chi connectivity index (χ1) is 6.80. The van der Waals surface area contributed by atoms with Gasteiger partial charge in [0.25, 0.3) is 0 Å². The van der Waals surface area contributed by atoms with E-state index in [0.717, 1.165) is 4.90 Å². The molecule has 0 spiro atoms. The summed E-state index contributed by atoms with van der Waals surface area (Å²) >= 11 is 0.508. The molecule has 0 saturated heterocycles. The van der Waals surface area contributed by atoms with Crippen LogP contribution in [0, 0.1) is 0 Å². The minimum Gasteiger partial charge on any atom is -0.480 e. The lowest BCUT2D eigenvalue weighted by atomic mass is 10.6. The first-order valence-electron chi connectivity index (χ1n) is 3.64. The molecule has 0 saturated carbocycles. The molecule has 9 heteroatoms. The van der Waals surface area contributed by atoms with Gasteiger partial charge in [0.1, 0.15) is 6.54 Å². The molecule has 0 aliphatic rings. The molecule has 0 aliphatic heterocycles. The molecule has 15 heavy (non-hydrogen) atoms. The van der Waals surface area contributed by atoms with Gasteiger partial charge >= 0.3 is 12.1 Å². The molecule has 1 aromatic heterocycles. The maximum atomic E-state index is 12.1. The third-order valence-corrected chi connectivity index (χ3v) is 2.20. The zero-order valence-corrected chi connectivity index (χ0v) is 8.26. The number of anilines is 1. The summed E-state index contributed by atoms with van der Waals surface area (Å²) < 4.78 is 39.3. The first kappa shape index (κ1) is 11.7. The molecule has 84 valence electrons. The predicted molar refractivity (Wildman–Crippen MR) is 45.8 cm³/mol. The highest BCUT2D eigenvalue weighted by molar-refractivity contribution is 7.09. The molecule has 0 fully saturated rings. The van der Waals surface area contributed by atoms with Gasteiger partial charge in [-0.15, -0.1) is 0 Å². The molecule has 0 unspecified atom stereocenters.